The molecule has 1 saturated heterocycles. The number of hydrogen-bond donors (Lipinski definition) is 0. The van der Waals surface area contributed by atoms with Gasteiger partial charge in [-0.05, 0) is 80.4 Å². The Balaban J connectivity index is 1.42. The zero-order chi connectivity index (χ0) is 16.1. The summed E-state index contributed by atoms with van der Waals surface area (Å²) in [6.45, 7) is 5.37. The molecule has 1 aliphatic heterocycles. The van der Waals surface area contributed by atoms with E-state index in [0.717, 1.165) is 24.9 Å². The molecule has 0 N–H and O–H groups in total. The van der Waals surface area contributed by atoms with Crippen molar-refractivity contribution in [1.82, 2.24) is 9.88 Å². The lowest BCUT2D eigenvalue weighted by Crippen LogP contribution is -2.22. The van der Waals surface area contributed by atoms with Crippen molar-refractivity contribution in [2.75, 3.05) is 19.6 Å². The summed E-state index contributed by atoms with van der Waals surface area (Å²) in [5, 5.41) is 0. The molecule has 0 aliphatic carbocycles. The average molecular weight is 312 g/mol. The van der Waals surface area contributed by atoms with Crippen molar-refractivity contribution in [3.63, 3.8) is 0 Å². The fraction of sp³-hybridized carbons (Fsp3) is 0.450. The Morgan fingerprint density at radius 2 is 2.17 bits per heavy atom. The molecule has 1 unspecified atom stereocenters. The minimum Gasteiger partial charge on any atom is -0.303 e. The van der Waals surface area contributed by atoms with Gasteiger partial charge in [-0.25, -0.2) is 4.39 Å². The molecule has 1 aromatic carbocycles. The molecule has 0 spiro atoms. The second kappa shape index (κ2) is 7.69. The van der Waals surface area contributed by atoms with Crippen molar-refractivity contribution >= 4 is 0 Å². The Morgan fingerprint density at radius 3 is 2.96 bits per heavy atom. The molecule has 3 rings (SSSR count). The van der Waals surface area contributed by atoms with Crippen LogP contribution in [-0.4, -0.2) is 29.5 Å². The standard InChI is InChI=1S/C20H25FN2/c1-16-12-18(6-7-20(16)21)13-19-8-11-23(15-19)10-3-5-17-4-2-9-22-14-17/h2,4,6-7,9,12,14,19H,3,5,8,10-11,13,15H2,1H3. The summed E-state index contributed by atoms with van der Waals surface area (Å²) < 4.78 is 13.3. The van der Waals surface area contributed by atoms with Gasteiger partial charge in [0.2, 0.25) is 0 Å². The summed E-state index contributed by atoms with van der Waals surface area (Å²) in [5.74, 6) is 0.607. The van der Waals surface area contributed by atoms with Crippen LogP contribution in [0.4, 0.5) is 4.39 Å². The van der Waals surface area contributed by atoms with Gasteiger partial charge in [-0.15, -0.1) is 0 Å². The van der Waals surface area contributed by atoms with Gasteiger partial charge in [0.15, 0.2) is 0 Å². The first-order valence-corrected chi connectivity index (χ1v) is 8.57. The van der Waals surface area contributed by atoms with Crippen molar-refractivity contribution in [3.8, 4) is 0 Å². The molecule has 122 valence electrons. The van der Waals surface area contributed by atoms with E-state index < -0.39 is 0 Å². The molecule has 0 radical (unpaired) electrons. The topological polar surface area (TPSA) is 16.1 Å². The fourth-order valence-corrected chi connectivity index (χ4v) is 3.50. The number of rotatable bonds is 6. The maximum Gasteiger partial charge on any atom is 0.126 e. The summed E-state index contributed by atoms with van der Waals surface area (Å²) in [7, 11) is 0. The van der Waals surface area contributed by atoms with E-state index in [1.54, 1.807) is 6.07 Å². The van der Waals surface area contributed by atoms with Crippen LogP contribution in [0.3, 0.4) is 0 Å². The molecule has 2 aromatic rings. The molecule has 3 heteroatoms. The smallest absolute Gasteiger partial charge is 0.126 e. The molecule has 1 aliphatic rings. The van der Waals surface area contributed by atoms with Gasteiger partial charge in [0, 0.05) is 18.9 Å². The quantitative estimate of drug-likeness (QED) is 0.800. The normalized spacial score (nSPS) is 18.4. The van der Waals surface area contributed by atoms with Crippen LogP contribution in [-0.2, 0) is 12.8 Å². The Labute approximate surface area is 138 Å². The summed E-state index contributed by atoms with van der Waals surface area (Å²) in [4.78, 5) is 6.73. The predicted molar refractivity (Wildman–Crippen MR) is 91.9 cm³/mol. The highest BCUT2D eigenvalue weighted by Gasteiger charge is 2.22. The van der Waals surface area contributed by atoms with Crippen LogP contribution in [0.1, 0.15) is 29.5 Å². The lowest BCUT2D eigenvalue weighted by Gasteiger charge is -2.16. The number of likely N-dealkylation sites (tertiary alicyclic amines) is 1. The molecule has 0 amide bonds. The highest BCUT2D eigenvalue weighted by atomic mass is 19.1. The van der Waals surface area contributed by atoms with Crippen LogP contribution >= 0.6 is 0 Å². The number of aryl methyl sites for hydroxylation is 2. The Bertz CT molecular complexity index is 627. The third kappa shape index (κ3) is 4.61. The Hall–Kier alpha value is -1.74. The third-order valence-corrected chi connectivity index (χ3v) is 4.78. The zero-order valence-electron chi connectivity index (χ0n) is 13.8. The molecule has 23 heavy (non-hydrogen) atoms. The van der Waals surface area contributed by atoms with Crippen LogP contribution in [0, 0.1) is 18.7 Å². The highest BCUT2D eigenvalue weighted by Crippen LogP contribution is 2.22. The van der Waals surface area contributed by atoms with E-state index in [1.807, 2.05) is 37.5 Å². The molecular formula is C20H25FN2. The van der Waals surface area contributed by atoms with Crippen molar-refractivity contribution in [1.29, 1.82) is 0 Å². The minimum absolute atomic E-state index is 0.0998. The minimum atomic E-state index is -0.0998. The first kappa shape index (κ1) is 16.1. The van der Waals surface area contributed by atoms with E-state index in [2.05, 4.69) is 16.0 Å². The van der Waals surface area contributed by atoms with Crippen molar-refractivity contribution < 1.29 is 4.39 Å². The van der Waals surface area contributed by atoms with Crippen LogP contribution in [0.2, 0.25) is 0 Å². The van der Waals surface area contributed by atoms with E-state index in [1.165, 1.54) is 37.1 Å². The van der Waals surface area contributed by atoms with Gasteiger partial charge in [-0.3, -0.25) is 4.98 Å². The lowest BCUT2D eigenvalue weighted by molar-refractivity contribution is 0.319. The van der Waals surface area contributed by atoms with E-state index in [-0.39, 0.29) is 5.82 Å². The second-order valence-corrected chi connectivity index (χ2v) is 6.71. The van der Waals surface area contributed by atoms with E-state index in [4.69, 9.17) is 0 Å². The van der Waals surface area contributed by atoms with Crippen molar-refractivity contribution in [3.05, 3.63) is 65.2 Å². The molecule has 2 heterocycles. The molecule has 0 saturated carbocycles. The predicted octanol–water partition coefficient (Wildman–Crippen LogP) is 4.03. The van der Waals surface area contributed by atoms with Crippen LogP contribution in [0.5, 0.6) is 0 Å². The van der Waals surface area contributed by atoms with Gasteiger partial charge >= 0.3 is 0 Å². The molecular weight excluding hydrogens is 287 g/mol. The first-order valence-electron chi connectivity index (χ1n) is 8.57. The third-order valence-electron chi connectivity index (χ3n) is 4.78. The van der Waals surface area contributed by atoms with Crippen LogP contribution in [0.15, 0.2) is 42.7 Å². The van der Waals surface area contributed by atoms with E-state index in [9.17, 15) is 4.39 Å². The Morgan fingerprint density at radius 1 is 1.26 bits per heavy atom. The maximum absolute atomic E-state index is 13.3. The number of benzene rings is 1. The number of hydrogen-bond acceptors (Lipinski definition) is 2. The summed E-state index contributed by atoms with van der Waals surface area (Å²) >= 11 is 0. The number of pyridine rings is 1. The van der Waals surface area contributed by atoms with E-state index in [0.29, 0.717) is 5.92 Å². The molecule has 2 nitrogen and oxygen atoms in total. The molecule has 1 atom stereocenters. The van der Waals surface area contributed by atoms with Gasteiger partial charge in [0.25, 0.3) is 0 Å². The zero-order valence-corrected chi connectivity index (χ0v) is 13.8. The SMILES string of the molecule is Cc1cc(CC2CCN(CCCc3cccnc3)C2)ccc1F. The molecule has 1 aromatic heterocycles. The molecule has 0 bridgehead atoms. The monoisotopic (exact) mass is 312 g/mol. The average Bonchev–Trinajstić information content (AvgIpc) is 2.99. The number of nitrogens with zero attached hydrogens (tertiary/aromatic N) is 2. The summed E-state index contributed by atoms with van der Waals surface area (Å²) in [6.07, 6.45) is 8.40. The van der Waals surface area contributed by atoms with Crippen LogP contribution in [0.25, 0.3) is 0 Å². The molecule has 1 fully saturated rings. The first-order chi connectivity index (χ1) is 11.2. The highest BCUT2D eigenvalue weighted by molar-refractivity contribution is 5.24. The van der Waals surface area contributed by atoms with E-state index >= 15 is 0 Å². The summed E-state index contributed by atoms with van der Waals surface area (Å²) in [6, 6.07) is 9.70. The Kier molecular flexibility index (Phi) is 5.39. The van der Waals surface area contributed by atoms with Crippen LogP contribution < -0.4 is 0 Å². The number of aromatic nitrogens is 1. The van der Waals surface area contributed by atoms with Crippen molar-refractivity contribution in [2.45, 2.75) is 32.6 Å². The largest absolute Gasteiger partial charge is 0.303 e. The van der Waals surface area contributed by atoms with Gasteiger partial charge in [-0.1, -0.05) is 18.2 Å². The van der Waals surface area contributed by atoms with Gasteiger partial charge in [-0.2, -0.15) is 0 Å². The maximum atomic E-state index is 13.3. The summed E-state index contributed by atoms with van der Waals surface area (Å²) in [5.41, 5.74) is 3.35. The van der Waals surface area contributed by atoms with Gasteiger partial charge in [0.05, 0.1) is 0 Å². The lowest BCUT2D eigenvalue weighted by atomic mass is 9.97. The second-order valence-electron chi connectivity index (χ2n) is 6.71. The fourth-order valence-electron chi connectivity index (χ4n) is 3.50. The van der Waals surface area contributed by atoms with Crippen molar-refractivity contribution in [2.24, 2.45) is 5.92 Å². The van der Waals surface area contributed by atoms with Gasteiger partial charge in [0.1, 0.15) is 5.82 Å². The number of halogens is 1. The van der Waals surface area contributed by atoms with Gasteiger partial charge < -0.3 is 4.90 Å².